The van der Waals surface area contributed by atoms with Gasteiger partial charge in [0.15, 0.2) is 0 Å². The summed E-state index contributed by atoms with van der Waals surface area (Å²) in [6.07, 6.45) is 2.93. The number of carbonyl (C=O) groups is 3. The Bertz CT molecular complexity index is 1230. The molecule has 0 saturated carbocycles. The first-order chi connectivity index (χ1) is 15.5. The van der Waals surface area contributed by atoms with Crippen molar-refractivity contribution in [3.05, 3.63) is 66.4 Å². The Balaban J connectivity index is 1.26. The highest BCUT2D eigenvalue weighted by Crippen LogP contribution is 2.31. The number of pyridine rings is 1. The fourth-order valence-electron chi connectivity index (χ4n) is 4.36. The van der Waals surface area contributed by atoms with E-state index >= 15 is 0 Å². The summed E-state index contributed by atoms with van der Waals surface area (Å²) in [6, 6.07) is 16.6. The van der Waals surface area contributed by atoms with E-state index in [1.807, 2.05) is 42.5 Å². The molecule has 3 N–H and O–H groups in total. The van der Waals surface area contributed by atoms with Gasteiger partial charge in [0, 0.05) is 42.3 Å². The van der Waals surface area contributed by atoms with Gasteiger partial charge >= 0.3 is 0 Å². The Morgan fingerprint density at radius 1 is 1.06 bits per heavy atom. The smallest absolute Gasteiger partial charge is 0.255 e. The van der Waals surface area contributed by atoms with E-state index in [0.29, 0.717) is 30.6 Å². The summed E-state index contributed by atoms with van der Waals surface area (Å²) in [5.74, 6) is -0.512. The molecule has 2 aliphatic heterocycles. The zero-order valence-corrected chi connectivity index (χ0v) is 17.4. The highest BCUT2D eigenvalue weighted by Gasteiger charge is 2.40. The molecule has 3 heterocycles. The number of hydrogen-bond donors (Lipinski definition) is 3. The number of hydrogen-bond acceptors (Lipinski definition) is 5. The fourth-order valence-corrected chi connectivity index (χ4v) is 4.36. The van der Waals surface area contributed by atoms with Gasteiger partial charge in [-0.25, -0.2) is 0 Å². The number of carbonyl (C=O) groups excluding carboxylic acids is 3. The Hall–Kier alpha value is -3.94. The third-order valence-corrected chi connectivity index (χ3v) is 6.05. The summed E-state index contributed by atoms with van der Waals surface area (Å²) >= 11 is 0. The molecule has 3 amide bonds. The van der Waals surface area contributed by atoms with E-state index in [1.165, 1.54) is 0 Å². The van der Waals surface area contributed by atoms with Gasteiger partial charge in [0.05, 0.1) is 17.6 Å². The molecule has 0 bridgehead atoms. The molecule has 2 aromatic carbocycles. The van der Waals surface area contributed by atoms with Gasteiger partial charge in [-0.2, -0.15) is 0 Å². The third-order valence-electron chi connectivity index (χ3n) is 6.05. The molecule has 1 unspecified atom stereocenters. The van der Waals surface area contributed by atoms with Crippen LogP contribution in [0.25, 0.3) is 10.9 Å². The fraction of sp³-hybridized carbons (Fsp3) is 0.250. The molecule has 1 atom stereocenters. The summed E-state index contributed by atoms with van der Waals surface area (Å²) in [6.45, 7) is 0.327. The number of likely N-dealkylation sites (tertiary alicyclic amines) is 1. The van der Waals surface area contributed by atoms with Crippen LogP contribution in [0.1, 0.15) is 29.6 Å². The lowest BCUT2D eigenvalue weighted by molar-refractivity contribution is -0.134. The first-order valence-corrected chi connectivity index (χ1v) is 10.6. The molecule has 1 fully saturated rings. The van der Waals surface area contributed by atoms with Crippen LogP contribution in [0.5, 0.6) is 0 Å². The van der Waals surface area contributed by atoms with Gasteiger partial charge in [-0.05, 0) is 42.8 Å². The van der Waals surface area contributed by atoms with E-state index in [9.17, 15) is 14.4 Å². The van der Waals surface area contributed by atoms with Crippen molar-refractivity contribution in [3.63, 3.8) is 0 Å². The van der Waals surface area contributed by atoms with E-state index < -0.39 is 5.66 Å². The number of rotatable bonds is 3. The van der Waals surface area contributed by atoms with E-state index in [4.69, 9.17) is 0 Å². The number of nitrogens with zero attached hydrogens (tertiary/aromatic N) is 2. The van der Waals surface area contributed by atoms with Crippen molar-refractivity contribution >= 4 is 40.0 Å². The molecule has 1 aromatic heterocycles. The zero-order chi connectivity index (χ0) is 22.1. The summed E-state index contributed by atoms with van der Waals surface area (Å²) in [7, 11) is 0. The van der Waals surface area contributed by atoms with Crippen LogP contribution < -0.4 is 16.0 Å². The Labute approximate surface area is 185 Å². The monoisotopic (exact) mass is 429 g/mol. The van der Waals surface area contributed by atoms with Gasteiger partial charge in [0.2, 0.25) is 11.8 Å². The lowest BCUT2D eigenvalue weighted by Crippen LogP contribution is -2.58. The molecular formula is C24H23N5O3. The van der Waals surface area contributed by atoms with Gasteiger partial charge in [-0.3, -0.25) is 19.4 Å². The summed E-state index contributed by atoms with van der Waals surface area (Å²) in [4.78, 5) is 43.8. The van der Waals surface area contributed by atoms with Crippen molar-refractivity contribution in [1.82, 2.24) is 15.2 Å². The molecule has 1 spiro atoms. The van der Waals surface area contributed by atoms with Crippen molar-refractivity contribution in [3.8, 4) is 0 Å². The number of nitrogens with one attached hydrogen (secondary N) is 3. The summed E-state index contributed by atoms with van der Waals surface area (Å²) in [5, 5.41) is 10.3. The number of para-hydroxylation sites is 1. The summed E-state index contributed by atoms with van der Waals surface area (Å²) < 4.78 is 0. The molecule has 162 valence electrons. The average Bonchev–Trinajstić information content (AvgIpc) is 2.93. The molecule has 1 saturated heterocycles. The van der Waals surface area contributed by atoms with Crippen LogP contribution in [0.4, 0.5) is 11.4 Å². The largest absolute Gasteiger partial charge is 0.362 e. The minimum absolute atomic E-state index is 0.0372. The number of aromatic nitrogens is 1. The van der Waals surface area contributed by atoms with Crippen LogP contribution in [0.3, 0.4) is 0 Å². The number of fused-ring (bicyclic) bond motifs is 2. The highest BCUT2D eigenvalue weighted by atomic mass is 16.2. The maximum Gasteiger partial charge on any atom is 0.255 e. The minimum atomic E-state index is -0.697. The van der Waals surface area contributed by atoms with Crippen LogP contribution in [0.2, 0.25) is 0 Å². The van der Waals surface area contributed by atoms with Crippen molar-refractivity contribution in [2.45, 2.75) is 24.9 Å². The van der Waals surface area contributed by atoms with Gasteiger partial charge in [0.25, 0.3) is 5.91 Å². The lowest BCUT2D eigenvalue weighted by atomic mass is 9.95. The maximum absolute atomic E-state index is 12.7. The van der Waals surface area contributed by atoms with E-state index in [0.717, 1.165) is 16.6 Å². The van der Waals surface area contributed by atoms with Gasteiger partial charge in [0.1, 0.15) is 5.66 Å². The zero-order valence-electron chi connectivity index (χ0n) is 17.4. The molecule has 2 aliphatic rings. The van der Waals surface area contributed by atoms with Gasteiger partial charge in [-0.1, -0.05) is 18.2 Å². The standard InChI is InChI=1S/C24H23N5O3/c30-21(26-17-7-8-19-16(14-17)4-3-12-25-19)15-29-13-11-24(10-9-22(29)31)27-20-6-2-1-5-18(20)23(32)28-24/h1-8,12,14,27H,9-11,13,15H2,(H,26,30)(H,28,32). The molecule has 3 aromatic rings. The lowest BCUT2D eigenvalue weighted by Gasteiger charge is -2.39. The minimum Gasteiger partial charge on any atom is -0.362 e. The van der Waals surface area contributed by atoms with E-state index in [-0.39, 0.29) is 30.7 Å². The summed E-state index contributed by atoms with van der Waals surface area (Å²) in [5.41, 5.74) is 2.17. The Kier molecular flexibility index (Phi) is 4.97. The number of anilines is 2. The van der Waals surface area contributed by atoms with Crippen LogP contribution in [-0.4, -0.2) is 46.4 Å². The molecule has 5 rings (SSSR count). The first kappa shape index (κ1) is 20.0. The topological polar surface area (TPSA) is 103 Å². The van der Waals surface area contributed by atoms with E-state index in [1.54, 1.807) is 23.2 Å². The quantitative estimate of drug-likeness (QED) is 0.594. The molecule has 8 heteroatoms. The van der Waals surface area contributed by atoms with Gasteiger partial charge in [-0.15, -0.1) is 0 Å². The average molecular weight is 429 g/mol. The van der Waals surface area contributed by atoms with Crippen LogP contribution in [0.15, 0.2) is 60.8 Å². The molecule has 0 aliphatic carbocycles. The maximum atomic E-state index is 12.7. The third kappa shape index (κ3) is 3.87. The van der Waals surface area contributed by atoms with Crippen molar-refractivity contribution in [2.75, 3.05) is 23.7 Å². The van der Waals surface area contributed by atoms with E-state index in [2.05, 4.69) is 20.9 Å². The van der Waals surface area contributed by atoms with Crippen LogP contribution >= 0.6 is 0 Å². The normalized spacial score (nSPS) is 20.3. The van der Waals surface area contributed by atoms with Crippen molar-refractivity contribution in [1.29, 1.82) is 0 Å². The SMILES string of the molecule is O=C(CN1CCC2(CCC1=O)NC(=O)c1ccccc1N2)Nc1ccc2ncccc2c1. The van der Waals surface area contributed by atoms with Crippen LogP contribution in [0, 0.1) is 0 Å². The van der Waals surface area contributed by atoms with Crippen molar-refractivity contribution < 1.29 is 14.4 Å². The molecule has 8 nitrogen and oxygen atoms in total. The predicted octanol–water partition coefficient (Wildman–Crippen LogP) is 2.74. The highest BCUT2D eigenvalue weighted by molar-refractivity contribution is 6.02. The Morgan fingerprint density at radius 3 is 2.84 bits per heavy atom. The van der Waals surface area contributed by atoms with Crippen LogP contribution in [-0.2, 0) is 9.59 Å². The number of benzene rings is 2. The Morgan fingerprint density at radius 2 is 1.94 bits per heavy atom. The second-order valence-corrected chi connectivity index (χ2v) is 8.23. The number of amides is 3. The second-order valence-electron chi connectivity index (χ2n) is 8.23. The predicted molar refractivity (Wildman–Crippen MR) is 121 cm³/mol. The molecular weight excluding hydrogens is 406 g/mol. The van der Waals surface area contributed by atoms with Crippen molar-refractivity contribution in [2.24, 2.45) is 0 Å². The molecule has 32 heavy (non-hydrogen) atoms. The second kappa shape index (κ2) is 7.96. The first-order valence-electron chi connectivity index (χ1n) is 10.6. The molecule has 0 radical (unpaired) electrons. The van der Waals surface area contributed by atoms with Gasteiger partial charge < -0.3 is 20.9 Å².